The summed E-state index contributed by atoms with van der Waals surface area (Å²) in [6, 6.07) is 0. The van der Waals surface area contributed by atoms with Crippen molar-refractivity contribution in [3.8, 4) is 0 Å². The van der Waals surface area contributed by atoms with Gasteiger partial charge < -0.3 is 10.5 Å². The summed E-state index contributed by atoms with van der Waals surface area (Å²) in [5.74, 6) is 0.406. The molecule has 1 aliphatic heterocycles. The lowest BCUT2D eigenvalue weighted by Crippen LogP contribution is -2.43. The maximum absolute atomic E-state index is 12.2. The van der Waals surface area contributed by atoms with E-state index >= 15 is 0 Å². The Morgan fingerprint density at radius 3 is 2.78 bits per heavy atom. The van der Waals surface area contributed by atoms with Crippen LogP contribution in [0.5, 0.6) is 0 Å². The van der Waals surface area contributed by atoms with E-state index in [-0.39, 0.29) is 6.54 Å². The first-order valence-electron chi connectivity index (χ1n) is 5.61. The van der Waals surface area contributed by atoms with Crippen molar-refractivity contribution in [2.24, 2.45) is 12.8 Å². The van der Waals surface area contributed by atoms with Crippen LogP contribution in [0.3, 0.4) is 0 Å². The van der Waals surface area contributed by atoms with Crippen molar-refractivity contribution in [2.45, 2.75) is 6.54 Å². The molecule has 0 bridgehead atoms. The van der Waals surface area contributed by atoms with Crippen LogP contribution in [0.4, 0.5) is 5.82 Å². The second-order valence-corrected chi connectivity index (χ2v) is 5.64. The third-order valence-electron chi connectivity index (χ3n) is 2.77. The Morgan fingerprint density at radius 1 is 1.50 bits per heavy atom. The Labute approximate surface area is 106 Å². The van der Waals surface area contributed by atoms with Crippen LogP contribution in [0, 0.1) is 0 Å². The van der Waals surface area contributed by atoms with E-state index in [9.17, 15) is 8.42 Å². The van der Waals surface area contributed by atoms with Gasteiger partial charge in [0, 0.05) is 32.2 Å². The lowest BCUT2D eigenvalue weighted by atomic mass is 10.3. The Hall–Kier alpha value is -1.16. The average molecular weight is 275 g/mol. The van der Waals surface area contributed by atoms with Crippen LogP contribution in [0.15, 0.2) is 6.20 Å². The van der Waals surface area contributed by atoms with Gasteiger partial charge in [0.25, 0.3) is 0 Å². The summed E-state index contributed by atoms with van der Waals surface area (Å²) in [6.07, 6.45) is 1.55. The fourth-order valence-electron chi connectivity index (χ4n) is 1.74. The topological polar surface area (TPSA) is 102 Å². The van der Waals surface area contributed by atoms with Crippen LogP contribution in [-0.4, -0.2) is 48.8 Å². The highest BCUT2D eigenvalue weighted by molar-refractivity contribution is 7.90. The van der Waals surface area contributed by atoms with Gasteiger partial charge >= 0.3 is 10.2 Å². The second-order valence-electron chi connectivity index (χ2n) is 3.96. The quantitative estimate of drug-likeness (QED) is 0.723. The van der Waals surface area contributed by atoms with Gasteiger partial charge in [-0.3, -0.25) is 9.40 Å². The summed E-state index contributed by atoms with van der Waals surface area (Å²) in [6.45, 7) is 1.76. The van der Waals surface area contributed by atoms with E-state index in [0.29, 0.717) is 37.7 Å². The summed E-state index contributed by atoms with van der Waals surface area (Å²) in [4.78, 5) is 0. The zero-order chi connectivity index (χ0) is 13.2. The van der Waals surface area contributed by atoms with Crippen molar-refractivity contribution in [1.82, 2.24) is 14.1 Å². The Kier molecular flexibility index (Phi) is 3.85. The minimum atomic E-state index is -3.57. The first kappa shape index (κ1) is 13.3. The van der Waals surface area contributed by atoms with Gasteiger partial charge in [-0.2, -0.15) is 17.8 Å². The Bertz CT molecular complexity index is 506. The smallest absolute Gasteiger partial charge is 0.302 e. The van der Waals surface area contributed by atoms with Gasteiger partial charge in [-0.25, -0.2) is 0 Å². The molecule has 102 valence electrons. The molecule has 0 radical (unpaired) electrons. The maximum Gasteiger partial charge on any atom is 0.302 e. The van der Waals surface area contributed by atoms with E-state index in [1.807, 2.05) is 0 Å². The van der Waals surface area contributed by atoms with Crippen LogP contribution in [-0.2, 0) is 28.5 Å². The third-order valence-corrected chi connectivity index (χ3v) is 4.27. The number of aromatic nitrogens is 2. The van der Waals surface area contributed by atoms with E-state index in [1.165, 1.54) is 8.99 Å². The fraction of sp³-hybridized carbons (Fsp3) is 0.667. The van der Waals surface area contributed by atoms with E-state index in [1.54, 1.807) is 13.2 Å². The van der Waals surface area contributed by atoms with Crippen LogP contribution >= 0.6 is 0 Å². The highest BCUT2D eigenvalue weighted by Crippen LogP contribution is 2.17. The Morgan fingerprint density at radius 2 is 2.17 bits per heavy atom. The zero-order valence-corrected chi connectivity index (χ0v) is 11.0. The van der Waals surface area contributed by atoms with Crippen molar-refractivity contribution in [3.05, 3.63) is 11.8 Å². The molecule has 2 rings (SSSR count). The summed E-state index contributed by atoms with van der Waals surface area (Å²) in [5.41, 5.74) is 6.20. The van der Waals surface area contributed by atoms with Crippen LogP contribution < -0.4 is 10.5 Å². The van der Waals surface area contributed by atoms with Crippen molar-refractivity contribution in [1.29, 1.82) is 0 Å². The molecule has 2 heterocycles. The maximum atomic E-state index is 12.2. The van der Waals surface area contributed by atoms with E-state index < -0.39 is 10.2 Å². The van der Waals surface area contributed by atoms with Crippen molar-refractivity contribution < 1.29 is 13.2 Å². The van der Waals surface area contributed by atoms with Gasteiger partial charge in [0.05, 0.1) is 19.4 Å². The first-order valence-corrected chi connectivity index (χ1v) is 7.05. The van der Waals surface area contributed by atoms with Crippen molar-refractivity contribution in [2.75, 3.05) is 31.0 Å². The number of hydrogen-bond donors (Lipinski definition) is 2. The molecule has 1 fully saturated rings. The molecule has 3 N–H and O–H groups in total. The Balaban J connectivity index is 2.18. The van der Waals surface area contributed by atoms with Gasteiger partial charge in [-0.05, 0) is 0 Å². The highest BCUT2D eigenvalue weighted by atomic mass is 32.2. The van der Waals surface area contributed by atoms with Crippen LogP contribution in [0.25, 0.3) is 0 Å². The van der Waals surface area contributed by atoms with Gasteiger partial charge in [0.15, 0.2) is 0 Å². The summed E-state index contributed by atoms with van der Waals surface area (Å²) < 4.78 is 34.8. The number of rotatable bonds is 4. The number of morpholine rings is 1. The largest absolute Gasteiger partial charge is 0.379 e. The molecule has 1 aromatic heterocycles. The number of ether oxygens (including phenoxy) is 1. The van der Waals surface area contributed by atoms with E-state index in [2.05, 4.69) is 9.82 Å². The number of nitrogens with two attached hydrogens (primary N) is 1. The van der Waals surface area contributed by atoms with Crippen LogP contribution in [0.2, 0.25) is 0 Å². The molecule has 1 aromatic rings. The molecule has 0 saturated carbocycles. The SMILES string of the molecule is Cn1ncc(CN)c1NS(=O)(=O)N1CCOCC1. The summed E-state index contributed by atoms with van der Waals surface area (Å²) in [5, 5.41) is 3.98. The fourth-order valence-corrected chi connectivity index (χ4v) is 3.00. The zero-order valence-electron chi connectivity index (χ0n) is 10.2. The minimum Gasteiger partial charge on any atom is -0.379 e. The standard InChI is InChI=1S/C9H17N5O3S/c1-13-9(8(6-10)7-11-13)12-18(15,16)14-2-4-17-5-3-14/h7,12H,2-6,10H2,1H3. The number of anilines is 1. The van der Waals surface area contributed by atoms with Crippen molar-refractivity contribution >= 4 is 16.0 Å². The van der Waals surface area contributed by atoms with E-state index in [4.69, 9.17) is 10.5 Å². The highest BCUT2D eigenvalue weighted by Gasteiger charge is 2.25. The molecule has 0 amide bonds. The van der Waals surface area contributed by atoms with Gasteiger partial charge in [-0.15, -0.1) is 0 Å². The lowest BCUT2D eigenvalue weighted by Gasteiger charge is -2.26. The predicted octanol–water partition coefficient (Wildman–Crippen LogP) is -1.13. The monoisotopic (exact) mass is 275 g/mol. The predicted molar refractivity (Wildman–Crippen MR) is 66.0 cm³/mol. The molecule has 8 nitrogen and oxygen atoms in total. The van der Waals surface area contributed by atoms with Gasteiger partial charge in [0.2, 0.25) is 0 Å². The third kappa shape index (κ3) is 2.64. The molecule has 0 atom stereocenters. The number of hydrogen-bond acceptors (Lipinski definition) is 5. The first-order chi connectivity index (χ1) is 8.54. The molecular weight excluding hydrogens is 258 g/mol. The van der Waals surface area contributed by atoms with E-state index in [0.717, 1.165) is 0 Å². The molecule has 1 aliphatic rings. The molecule has 0 aliphatic carbocycles. The number of nitrogens with one attached hydrogen (secondary N) is 1. The summed E-state index contributed by atoms with van der Waals surface area (Å²) in [7, 11) is -1.91. The number of nitrogens with zero attached hydrogens (tertiary/aromatic N) is 3. The lowest BCUT2D eigenvalue weighted by molar-refractivity contribution is 0.0733. The van der Waals surface area contributed by atoms with Gasteiger partial charge in [0.1, 0.15) is 5.82 Å². The van der Waals surface area contributed by atoms with Gasteiger partial charge in [-0.1, -0.05) is 0 Å². The second kappa shape index (κ2) is 5.22. The summed E-state index contributed by atoms with van der Waals surface area (Å²) >= 11 is 0. The molecule has 0 aromatic carbocycles. The molecule has 0 unspecified atom stereocenters. The molecule has 18 heavy (non-hydrogen) atoms. The number of aryl methyl sites for hydroxylation is 1. The normalized spacial score (nSPS) is 17.9. The van der Waals surface area contributed by atoms with Crippen LogP contribution in [0.1, 0.15) is 5.56 Å². The molecular formula is C9H17N5O3S. The molecule has 0 spiro atoms. The molecule has 9 heteroatoms. The van der Waals surface area contributed by atoms with Crippen molar-refractivity contribution in [3.63, 3.8) is 0 Å². The average Bonchev–Trinajstić information content (AvgIpc) is 2.71. The minimum absolute atomic E-state index is 0.231. The molecule has 1 saturated heterocycles.